The molecule has 0 aliphatic heterocycles. The van der Waals surface area contributed by atoms with Crippen molar-refractivity contribution in [3.63, 3.8) is 0 Å². The first kappa shape index (κ1) is 31.1. The number of fused-ring (bicyclic) bond motifs is 1. The second-order valence-electron chi connectivity index (χ2n) is 8.81. The number of thiol groups is 1. The topological polar surface area (TPSA) is 247 Å². The van der Waals surface area contributed by atoms with Crippen LogP contribution in [-0.2, 0) is 35.2 Å². The van der Waals surface area contributed by atoms with E-state index in [1.165, 1.54) is 0 Å². The zero-order valence-electron chi connectivity index (χ0n) is 20.9. The first-order chi connectivity index (χ1) is 18.4. The van der Waals surface area contributed by atoms with Gasteiger partial charge in [-0.2, -0.15) is 12.6 Å². The highest BCUT2D eigenvalue weighted by Gasteiger charge is 2.30. The molecule has 39 heavy (non-hydrogen) atoms. The number of carbonyl (C=O) groups excluding carboxylic acids is 4. The zero-order chi connectivity index (χ0) is 29.1. The number of hydrogen-bond donors (Lipinski definition) is 9. The fraction of sp³-hybridized carbons (Fsp3) is 0.417. The van der Waals surface area contributed by atoms with E-state index in [0.29, 0.717) is 5.56 Å². The Morgan fingerprint density at radius 2 is 1.49 bits per heavy atom. The van der Waals surface area contributed by atoms with Crippen LogP contribution in [0, 0.1) is 0 Å². The van der Waals surface area contributed by atoms with Gasteiger partial charge in [0.25, 0.3) is 0 Å². The quantitative estimate of drug-likeness (QED) is 0.109. The molecular weight excluding hydrogens is 532 g/mol. The minimum absolute atomic E-state index is 0.0568. The molecule has 1 aromatic heterocycles. The Kier molecular flexibility index (Phi) is 11.7. The third kappa shape index (κ3) is 9.61. The summed E-state index contributed by atoms with van der Waals surface area (Å²) in [6, 6.07) is 1.99. The Balaban J connectivity index is 2.12. The molecule has 1 heterocycles. The van der Waals surface area contributed by atoms with Crippen LogP contribution in [0.5, 0.6) is 0 Å². The van der Waals surface area contributed by atoms with Gasteiger partial charge in [0, 0.05) is 42.1 Å². The van der Waals surface area contributed by atoms with Gasteiger partial charge in [-0.25, -0.2) is 4.79 Å². The van der Waals surface area contributed by atoms with Crippen LogP contribution in [0.2, 0.25) is 0 Å². The SMILES string of the molecule is NC(=O)CCC(N)C(=O)NC(CS)C(=O)NC(CCC(=O)O)C(=O)NC(Cc1c[nH]c2ccccc12)C(=O)O. The number of amides is 4. The summed E-state index contributed by atoms with van der Waals surface area (Å²) in [7, 11) is 0. The number of rotatable bonds is 16. The van der Waals surface area contributed by atoms with Gasteiger partial charge in [0.1, 0.15) is 18.1 Å². The summed E-state index contributed by atoms with van der Waals surface area (Å²) in [5, 5.41) is 26.7. The van der Waals surface area contributed by atoms with Gasteiger partial charge in [0.05, 0.1) is 6.04 Å². The van der Waals surface area contributed by atoms with Crippen molar-refractivity contribution in [2.75, 3.05) is 5.75 Å². The molecule has 4 amide bonds. The van der Waals surface area contributed by atoms with Gasteiger partial charge in [-0.3, -0.25) is 24.0 Å². The fourth-order valence-corrected chi connectivity index (χ4v) is 3.96. The fourth-order valence-electron chi connectivity index (χ4n) is 3.70. The molecule has 0 radical (unpaired) electrons. The Morgan fingerprint density at radius 3 is 2.10 bits per heavy atom. The molecule has 0 fully saturated rings. The van der Waals surface area contributed by atoms with Crippen molar-refractivity contribution in [2.24, 2.45) is 11.5 Å². The maximum atomic E-state index is 13.0. The van der Waals surface area contributed by atoms with E-state index in [1.54, 1.807) is 18.3 Å². The molecule has 0 aliphatic carbocycles. The number of benzene rings is 1. The maximum absolute atomic E-state index is 13.0. The number of para-hydroxylation sites is 1. The van der Waals surface area contributed by atoms with E-state index in [9.17, 15) is 33.9 Å². The smallest absolute Gasteiger partial charge is 0.326 e. The van der Waals surface area contributed by atoms with E-state index in [0.717, 1.165) is 10.9 Å². The first-order valence-corrected chi connectivity index (χ1v) is 12.6. The second kappa shape index (κ2) is 14.7. The van der Waals surface area contributed by atoms with E-state index in [-0.39, 0.29) is 31.4 Å². The van der Waals surface area contributed by atoms with Crippen LogP contribution in [0.3, 0.4) is 0 Å². The highest BCUT2D eigenvalue weighted by atomic mass is 32.1. The third-order valence-electron chi connectivity index (χ3n) is 5.85. The lowest BCUT2D eigenvalue weighted by atomic mass is 10.0. The molecule has 14 nitrogen and oxygen atoms in total. The molecule has 4 atom stereocenters. The van der Waals surface area contributed by atoms with E-state index in [4.69, 9.17) is 16.6 Å². The van der Waals surface area contributed by atoms with Crippen molar-refractivity contribution in [1.29, 1.82) is 0 Å². The van der Waals surface area contributed by atoms with Crippen molar-refractivity contribution in [2.45, 2.75) is 56.3 Å². The van der Waals surface area contributed by atoms with Crippen LogP contribution in [0.25, 0.3) is 10.9 Å². The molecule has 2 aromatic rings. The van der Waals surface area contributed by atoms with Gasteiger partial charge in [-0.1, -0.05) is 18.2 Å². The standard InChI is InChI=1S/C24H32N6O8S/c25-14(5-7-19(26)31)21(34)30-18(11-39)23(36)28-16(6-8-20(32)33)22(35)29-17(24(37)38)9-12-10-27-15-4-2-1-3-13(12)15/h1-4,10,14,16-18,27,39H,5-9,11,25H2,(H2,26,31)(H,28,36)(H,29,35)(H,30,34)(H,32,33)(H,37,38). The van der Waals surface area contributed by atoms with Crippen molar-refractivity contribution in [3.05, 3.63) is 36.0 Å². The molecule has 4 unspecified atom stereocenters. The Hall–Kier alpha value is -4.11. The number of hydrogen-bond acceptors (Lipinski definition) is 8. The molecule has 2 rings (SSSR count). The predicted molar refractivity (Wildman–Crippen MR) is 143 cm³/mol. The molecule has 0 bridgehead atoms. The number of carboxylic acids is 2. The van der Waals surface area contributed by atoms with E-state index in [1.807, 2.05) is 12.1 Å². The van der Waals surface area contributed by atoms with Crippen molar-refractivity contribution < 1.29 is 39.0 Å². The number of nitrogens with two attached hydrogens (primary N) is 2. The number of aromatic amines is 1. The summed E-state index contributed by atoms with van der Waals surface area (Å²) in [4.78, 5) is 75.2. The van der Waals surface area contributed by atoms with Crippen molar-refractivity contribution in [3.8, 4) is 0 Å². The zero-order valence-corrected chi connectivity index (χ0v) is 21.8. The normalized spacial score (nSPS) is 14.0. The molecule has 15 heteroatoms. The highest BCUT2D eigenvalue weighted by Crippen LogP contribution is 2.19. The summed E-state index contributed by atoms with van der Waals surface area (Å²) >= 11 is 4.04. The molecule has 212 valence electrons. The van der Waals surface area contributed by atoms with E-state index in [2.05, 4.69) is 33.6 Å². The molecule has 10 N–H and O–H groups in total. The van der Waals surface area contributed by atoms with Crippen LogP contribution < -0.4 is 27.4 Å². The van der Waals surface area contributed by atoms with Crippen LogP contribution in [0.15, 0.2) is 30.5 Å². The van der Waals surface area contributed by atoms with Gasteiger partial charge in [0.2, 0.25) is 23.6 Å². The first-order valence-electron chi connectivity index (χ1n) is 12.0. The molecule has 0 aliphatic rings. The molecule has 0 spiro atoms. The third-order valence-corrected chi connectivity index (χ3v) is 6.21. The summed E-state index contributed by atoms with van der Waals surface area (Å²) in [5.74, 6) is -5.97. The highest BCUT2D eigenvalue weighted by molar-refractivity contribution is 7.80. The number of carboxylic acid groups (broad SMARTS) is 2. The van der Waals surface area contributed by atoms with Crippen LogP contribution in [-0.4, -0.2) is 80.7 Å². The van der Waals surface area contributed by atoms with Crippen LogP contribution in [0.4, 0.5) is 0 Å². The summed E-state index contributed by atoms with van der Waals surface area (Å²) in [6.07, 6.45) is 0.492. The average Bonchev–Trinajstić information content (AvgIpc) is 3.29. The average molecular weight is 565 g/mol. The molecule has 0 saturated heterocycles. The largest absolute Gasteiger partial charge is 0.481 e. The van der Waals surface area contributed by atoms with Crippen LogP contribution in [0.1, 0.15) is 31.2 Å². The summed E-state index contributed by atoms with van der Waals surface area (Å²) in [6.45, 7) is 0. The predicted octanol–water partition coefficient (Wildman–Crippen LogP) is -1.36. The lowest BCUT2D eigenvalue weighted by Crippen LogP contribution is -2.57. The van der Waals surface area contributed by atoms with Gasteiger partial charge in [-0.05, 0) is 24.5 Å². The lowest BCUT2D eigenvalue weighted by Gasteiger charge is -2.24. The molecule has 0 saturated carbocycles. The number of carbonyl (C=O) groups is 6. The van der Waals surface area contributed by atoms with Crippen LogP contribution >= 0.6 is 12.6 Å². The number of aromatic nitrogens is 1. The molecule has 1 aromatic carbocycles. The van der Waals surface area contributed by atoms with Crippen molar-refractivity contribution in [1.82, 2.24) is 20.9 Å². The number of primary amides is 1. The molecular formula is C24H32N6O8S. The minimum atomic E-state index is -1.43. The van der Waals surface area contributed by atoms with Gasteiger partial charge in [0.15, 0.2) is 0 Å². The van der Waals surface area contributed by atoms with Gasteiger partial charge in [-0.15, -0.1) is 0 Å². The number of H-pyrrole nitrogens is 1. The minimum Gasteiger partial charge on any atom is -0.481 e. The number of nitrogens with one attached hydrogen (secondary N) is 4. The summed E-state index contributed by atoms with van der Waals surface area (Å²) in [5.41, 5.74) is 12.2. The van der Waals surface area contributed by atoms with Gasteiger partial charge >= 0.3 is 11.9 Å². The number of aliphatic carboxylic acids is 2. The van der Waals surface area contributed by atoms with E-state index >= 15 is 0 Å². The maximum Gasteiger partial charge on any atom is 0.326 e. The monoisotopic (exact) mass is 564 g/mol. The lowest BCUT2D eigenvalue weighted by molar-refractivity contribution is -0.143. The van der Waals surface area contributed by atoms with E-state index < -0.39 is 66.2 Å². The Labute approximate surface area is 228 Å². The summed E-state index contributed by atoms with van der Waals surface area (Å²) < 4.78 is 0. The second-order valence-corrected chi connectivity index (χ2v) is 9.18. The Morgan fingerprint density at radius 1 is 0.872 bits per heavy atom. The van der Waals surface area contributed by atoms with Gasteiger partial charge < -0.3 is 42.6 Å². The van der Waals surface area contributed by atoms with Crippen molar-refractivity contribution >= 4 is 59.1 Å². The Bertz CT molecular complexity index is 1220.